The fourth-order valence-electron chi connectivity index (χ4n) is 2.22. The lowest BCUT2D eigenvalue weighted by Crippen LogP contribution is -2.17. The Labute approximate surface area is 152 Å². The third-order valence-electron chi connectivity index (χ3n) is 3.40. The van der Waals surface area contributed by atoms with Crippen molar-refractivity contribution >= 4 is 34.1 Å². The summed E-state index contributed by atoms with van der Waals surface area (Å²) in [6.07, 6.45) is 5.04. The summed E-state index contributed by atoms with van der Waals surface area (Å²) in [6.45, 7) is 0.380. The Morgan fingerprint density at radius 2 is 2.20 bits per heavy atom. The van der Waals surface area contributed by atoms with Gasteiger partial charge in [0.05, 0.1) is 4.90 Å². The van der Waals surface area contributed by atoms with Crippen LogP contribution in [0.3, 0.4) is 0 Å². The van der Waals surface area contributed by atoms with Crippen LogP contribution >= 0.6 is 23.1 Å². The molecule has 3 aromatic rings. The fraction of sp³-hybridized carbons (Fsp3) is 0.188. The number of anilines is 1. The highest BCUT2D eigenvalue weighted by Crippen LogP contribution is 2.31. The van der Waals surface area contributed by atoms with Crippen LogP contribution in [-0.2, 0) is 13.6 Å². The minimum atomic E-state index is -0.385. The van der Waals surface area contributed by atoms with E-state index in [0.29, 0.717) is 32.9 Å². The van der Waals surface area contributed by atoms with Crippen LogP contribution in [-0.4, -0.2) is 27.5 Å². The van der Waals surface area contributed by atoms with Crippen LogP contribution < -0.4 is 10.6 Å². The van der Waals surface area contributed by atoms with E-state index in [1.807, 2.05) is 7.05 Å². The van der Waals surface area contributed by atoms with E-state index in [2.05, 4.69) is 20.6 Å². The number of carbonyl (C=O) groups is 1. The molecular weight excluding hydrogens is 361 g/mol. The second kappa shape index (κ2) is 7.77. The molecule has 0 aliphatic rings. The van der Waals surface area contributed by atoms with E-state index in [1.165, 1.54) is 29.2 Å². The highest BCUT2D eigenvalue weighted by atomic mass is 32.2. The largest absolute Gasteiger partial charge is 0.329 e. The molecule has 1 amide bonds. The number of hydrogen-bond donors (Lipinski definition) is 2. The molecule has 2 heterocycles. The molecule has 0 atom stereocenters. The van der Waals surface area contributed by atoms with Crippen molar-refractivity contribution in [1.29, 1.82) is 0 Å². The van der Waals surface area contributed by atoms with Crippen LogP contribution in [0.4, 0.5) is 9.52 Å². The Balaban J connectivity index is 1.94. The number of aryl methyl sites for hydroxylation is 1. The zero-order valence-electron chi connectivity index (χ0n) is 13.6. The van der Waals surface area contributed by atoms with Crippen LogP contribution in [0.2, 0.25) is 0 Å². The topological polar surface area (TPSA) is 71.8 Å². The monoisotopic (exact) mass is 377 g/mol. The van der Waals surface area contributed by atoms with Crippen molar-refractivity contribution in [3.63, 3.8) is 0 Å². The van der Waals surface area contributed by atoms with Gasteiger partial charge >= 0.3 is 0 Å². The molecule has 2 N–H and O–H groups in total. The van der Waals surface area contributed by atoms with E-state index in [-0.39, 0.29) is 11.7 Å². The van der Waals surface area contributed by atoms with Gasteiger partial charge in [0.25, 0.3) is 5.91 Å². The molecule has 0 fully saturated rings. The van der Waals surface area contributed by atoms with Crippen molar-refractivity contribution in [2.75, 3.05) is 12.4 Å². The van der Waals surface area contributed by atoms with Gasteiger partial charge in [-0.3, -0.25) is 10.1 Å². The molecule has 0 unspecified atom stereocenters. The lowest BCUT2D eigenvalue weighted by molar-refractivity contribution is 0.102. The molecule has 2 aromatic heterocycles. The lowest BCUT2D eigenvalue weighted by atomic mass is 10.1. The first-order valence-electron chi connectivity index (χ1n) is 7.41. The van der Waals surface area contributed by atoms with Gasteiger partial charge in [-0.1, -0.05) is 0 Å². The number of halogens is 1. The average molecular weight is 377 g/mol. The molecule has 0 radical (unpaired) electrons. The predicted molar refractivity (Wildman–Crippen MR) is 96.6 cm³/mol. The first-order valence-corrected chi connectivity index (χ1v) is 9.11. The van der Waals surface area contributed by atoms with Crippen molar-refractivity contribution < 1.29 is 9.18 Å². The third kappa shape index (κ3) is 4.06. The summed E-state index contributed by atoms with van der Waals surface area (Å²) in [5.41, 5.74) is 0.987. The zero-order valence-corrected chi connectivity index (χ0v) is 15.2. The van der Waals surface area contributed by atoms with E-state index in [1.54, 1.807) is 41.7 Å². The number of carbonyl (C=O) groups excluding carboxylic acids is 1. The van der Waals surface area contributed by atoms with Crippen molar-refractivity contribution in [2.45, 2.75) is 16.6 Å². The Morgan fingerprint density at radius 3 is 2.84 bits per heavy atom. The molecule has 3 rings (SSSR count). The van der Waals surface area contributed by atoms with Gasteiger partial charge in [-0.15, -0.1) is 11.3 Å². The van der Waals surface area contributed by atoms with Crippen molar-refractivity contribution in [3.8, 4) is 0 Å². The average Bonchev–Trinajstić information content (AvgIpc) is 3.22. The molecule has 130 valence electrons. The van der Waals surface area contributed by atoms with Crippen LogP contribution in [0.5, 0.6) is 0 Å². The second-order valence-electron chi connectivity index (χ2n) is 5.18. The summed E-state index contributed by atoms with van der Waals surface area (Å²) in [5, 5.41) is 8.62. The molecule has 0 aliphatic carbocycles. The summed E-state index contributed by atoms with van der Waals surface area (Å²) in [4.78, 5) is 21.2. The smallest absolute Gasteiger partial charge is 0.257 e. The minimum Gasteiger partial charge on any atom is -0.329 e. The normalized spacial score (nSPS) is 10.8. The van der Waals surface area contributed by atoms with Gasteiger partial charge in [0.15, 0.2) is 10.3 Å². The number of thiazole rings is 1. The van der Waals surface area contributed by atoms with E-state index in [9.17, 15) is 9.18 Å². The third-order valence-corrected chi connectivity index (χ3v) is 5.20. The Hall–Kier alpha value is -2.23. The van der Waals surface area contributed by atoms with Gasteiger partial charge in [-0.2, -0.15) is 0 Å². The van der Waals surface area contributed by atoms with Crippen LogP contribution in [0.15, 0.2) is 46.2 Å². The number of imidazole rings is 1. The number of rotatable bonds is 6. The number of benzene rings is 1. The SMILES string of the molecule is CNCc1cc(F)c(Sc2nccn2C)cc1C(=O)Nc1nccs1. The fourth-order valence-corrected chi connectivity index (χ4v) is 3.59. The van der Waals surface area contributed by atoms with Crippen molar-refractivity contribution in [1.82, 2.24) is 19.9 Å². The minimum absolute atomic E-state index is 0.318. The second-order valence-corrected chi connectivity index (χ2v) is 7.09. The van der Waals surface area contributed by atoms with E-state index >= 15 is 0 Å². The van der Waals surface area contributed by atoms with E-state index in [0.717, 1.165) is 0 Å². The summed E-state index contributed by atoms with van der Waals surface area (Å²) < 4.78 is 16.3. The first kappa shape index (κ1) is 17.6. The number of hydrogen-bond acceptors (Lipinski definition) is 6. The Kier molecular flexibility index (Phi) is 5.47. The highest BCUT2D eigenvalue weighted by Gasteiger charge is 2.18. The lowest BCUT2D eigenvalue weighted by Gasteiger charge is -2.12. The quantitative estimate of drug-likeness (QED) is 0.691. The van der Waals surface area contributed by atoms with Gasteiger partial charge in [-0.25, -0.2) is 14.4 Å². The molecule has 0 bridgehead atoms. The molecule has 0 spiro atoms. The molecule has 1 aromatic carbocycles. The van der Waals surface area contributed by atoms with Gasteiger partial charge in [0, 0.05) is 43.1 Å². The van der Waals surface area contributed by atoms with Gasteiger partial charge in [-0.05, 0) is 36.5 Å². The summed E-state index contributed by atoms with van der Waals surface area (Å²) in [5.74, 6) is -0.703. The first-order chi connectivity index (χ1) is 12.1. The molecule has 6 nitrogen and oxygen atoms in total. The summed E-state index contributed by atoms with van der Waals surface area (Å²) in [7, 11) is 3.58. The van der Waals surface area contributed by atoms with Gasteiger partial charge < -0.3 is 9.88 Å². The van der Waals surface area contributed by atoms with Gasteiger partial charge in [0.1, 0.15) is 5.82 Å². The molecule has 0 saturated carbocycles. The maximum atomic E-state index is 14.5. The van der Waals surface area contributed by atoms with Crippen molar-refractivity contribution in [2.24, 2.45) is 7.05 Å². The van der Waals surface area contributed by atoms with Crippen LogP contribution in [0, 0.1) is 5.82 Å². The Morgan fingerprint density at radius 1 is 1.36 bits per heavy atom. The molecule has 9 heteroatoms. The van der Waals surface area contributed by atoms with Crippen LogP contribution in [0.1, 0.15) is 15.9 Å². The molecule has 0 saturated heterocycles. The number of nitrogens with zero attached hydrogens (tertiary/aromatic N) is 3. The predicted octanol–water partition coefficient (Wildman–Crippen LogP) is 3.14. The highest BCUT2D eigenvalue weighted by molar-refractivity contribution is 7.99. The van der Waals surface area contributed by atoms with Crippen LogP contribution in [0.25, 0.3) is 0 Å². The maximum Gasteiger partial charge on any atom is 0.257 e. The standard InChI is InChI=1S/C16H16FN5OS2/c1-18-9-10-7-12(17)13(25-16-20-3-5-22(16)2)8-11(10)14(23)21-15-19-4-6-24-15/h3-8,18H,9H2,1-2H3,(H,19,21,23). The molecule has 25 heavy (non-hydrogen) atoms. The Bertz CT molecular complexity index is 879. The molecule has 0 aliphatic heterocycles. The number of amides is 1. The van der Waals surface area contributed by atoms with Gasteiger partial charge in [0.2, 0.25) is 0 Å². The molecular formula is C16H16FN5OS2. The number of nitrogens with one attached hydrogen (secondary N) is 2. The van der Waals surface area contributed by atoms with E-state index in [4.69, 9.17) is 0 Å². The van der Waals surface area contributed by atoms with Crippen molar-refractivity contribution in [3.05, 3.63) is 53.0 Å². The summed E-state index contributed by atoms with van der Waals surface area (Å²) >= 11 is 2.50. The van der Waals surface area contributed by atoms with E-state index < -0.39 is 0 Å². The maximum absolute atomic E-state index is 14.5. The zero-order chi connectivity index (χ0) is 17.8. The number of aromatic nitrogens is 3. The summed E-state index contributed by atoms with van der Waals surface area (Å²) in [6, 6.07) is 2.95.